The first-order valence-corrected chi connectivity index (χ1v) is 2.98. The Morgan fingerprint density at radius 3 is 2.82 bits per heavy atom. The molecule has 11 heavy (non-hydrogen) atoms. The zero-order valence-corrected chi connectivity index (χ0v) is 8.57. The fourth-order valence-electron chi connectivity index (χ4n) is 0.754. The standard InChI is InChI=1S/C6H8N2O2.Na/c1-2-8-4-3-7-5(8)6(9)10;/h3-4H,2H2,1H3,(H,9,10);/p-1. The van der Waals surface area contributed by atoms with Gasteiger partial charge in [-0.3, -0.25) is 0 Å². The van der Waals surface area contributed by atoms with E-state index in [4.69, 9.17) is 0 Å². The molecule has 0 fully saturated rings. The van der Waals surface area contributed by atoms with Crippen molar-refractivity contribution in [1.82, 2.24) is 9.55 Å². The third-order valence-corrected chi connectivity index (χ3v) is 1.24. The van der Waals surface area contributed by atoms with Gasteiger partial charge in [-0.2, -0.15) is 0 Å². The second-order valence-electron chi connectivity index (χ2n) is 1.82. The summed E-state index contributed by atoms with van der Waals surface area (Å²) < 4.78 is 1.51. The number of aromatic carboxylic acids is 1. The molecule has 0 aliphatic rings. The SMILES string of the molecule is CCn1ccnc1C(=O)[O-].[Na]. The maximum absolute atomic E-state index is 10.2. The van der Waals surface area contributed by atoms with Gasteiger partial charge in [0, 0.05) is 48.5 Å². The summed E-state index contributed by atoms with van der Waals surface area (Å²) in [6.45, 7) is 2.44. The minimum atomic E-state index is -1.23. The third-order valence-electron chi connectivity index (χ3n) is 1.24. The van der Waals surface area contributed by atoms with E-state index in [1.165, 1.54) is 10.8 Å². The average molecular weight is 162 g/mol. The van der Waals surface area contributed by atoms with E-state index in [1.54, 1.807) is 6.20 Å². The first kappa shape index (κ1) is 10.7. The van der Waals surface area contributed by atoms with E-state index in [2.05, 4.69) is 4.98 Å². The van der Waals surface area contributed by atoms with Crippen LogP contribution in [0.5, 0.6) is 0 Å². The Bertz CT molecular complexity index is 246. The van der Waals surface area contributed by atoms with Crippen LogP contribution in [-0.4, -0.2) is 45.1 Å². The van der Waals surface area contributed by atoms with Crippen LogP contribution in [0.3, 0.4) is 0 Å². The molecule has 0 bridgehead atoms. The molecule has 1 radical (unpaired) electrons. The fraction of sp³-hybridized carbons (Fsp3) is 0.333. The second-order valence-corrected chi connectivity index (χ2v) is 1.82. The number of nitrogens with zero attached hydrogens (tertiary/aromatic N) is 2. The molecule has 0 amide bonds. The first-order chi connectivity index (χ1) is 4.75. The summed E-state index contributed by atoms with van der Waals surface area (Å²) in [5.41, 5.74) is 0. The molecule has 4 nitrogen and oxygen atoms in total. The molecule has 1 rings (SSSR count). The van der Waals surface area contributed by atoms with Crippen LogP contribution in [0, 0.1) is 0 Å². The van der Waals surface area contributed by atoms with Crippen molar-refractivity contribution in [2.45, 2.75) is 13.5 Å². The third kappa shape index (κ3) is 2.32. The van der Waals surface area contributed by atoms with Crippen LogP contribution < -0.4 is 5.11 Å². The molecule has 0 spiro atoms. The Morgan fingerprint density at radius 2 is 2.45 bits per heavy atom. The van der Waals surface area contributed by atoms with E-state index in [0.29, 0.717) is 6.54 Å². The molecule has 0 aliphatic carbocycles. The molecule has 0 unspecified atom stereocenters. The molecular weight excluding hydrogens is 155 g/mol. The average Bonchev–Trinajstić information content (AvgIpc) is 2.33. The van der Waals surface area contributed by atoms with Gasteiger partial charge in [0.05, 0.1) is 0 Å². The zero-order valence-electron chi connectivity index (χ0n) is 6.57. The summed E-state index contributed by atoms with van der Waals surface area (Å²) in [6, 6.07) is 0. The predicted octanol–water partition coefficient (Wildman–Crippen LogP) is -1.11. The zero-order chi connectivity index (χ0) is 7.56. The van der Waals surface area contributed by atoms with E-state index in [9.17, 15) is 9.90 Å². The number of hydrogen-bond acceptors (Lipinski definition) is 3. The largest absolute Gasteiger partial charge is 0.542 e. The first-order valence-electron chi connectivity index (χ1n) is 2.98. The van der Waals surface area contributed by atoms with Gasteiger partial charge in [0.2, 0.25) is 0 Å². The molecule has 55 valence electrons. The summed E-state index contributed by atoms with van der Waals surface area (Å²) in [5, 5.41) is 10.2. The normalized spacial score (nSPS) is 8.82. The van der Waals surface area contributed by atoms with Crippen molar-refractivity contribution in [3.8, 4) is 0 Å². The Labute approximate surface area is 86.5 Å². The van der Waals surface area contributed by atoms with Crippen molar-refractivity contribution >= 4 is 35.5 Å². The number of aromatic nitrogens is 2. The Balaban J connectivity index is 0.000001000. The molecule has 0 aliphatic heterocycles. The van der Waals surface area contributed by atoms with Crippen molar-refractivity contribution in [2.24, 2.45) is 0 Å². The summed E-state index contributed by atoms with van der Waals surface area (Å²) in [7, 11) is 0. The van der Waals surface area contributed by atoms with Crippen molar-refractivity contribution < 1.29 is 9.90 Å². The number of carboxylic acids is 1. The van der Waals surface area contributed by atoms with Gasteiger partial charge in [-0.05, 0) is 6.92 Å². The molecule has 0 aromatic carbocycles. The molecule has 0 N–H and O–H groups in total. The number of carbonyl (C=O) groups excluding carboxylic acids is 1. The Morgan fingerprint density at radius 1 is 1.82 bits per heavy atom. The maximum Gasteiger partial charge on any atom is 0.155 e. The van der Waals surface area contributed by atoms with Crippen LogP contribution in [0.25, 0.3) is 0 Å². The molecular formula is C6H7N2NaO2-. The Hall–Kier alpha value is -0.320. The van der Waals surface area contributed by atoms with Crippen LogP contribution in [0.1, 0.15) is 17.5 Å². The summed E-state index contributed by atoms with van der Waals surface area (Å²) in [6.07, 6.45) is 3.04. The van der Waals surface area contributed by atoms with E-state index in [-0.39, 0.29) is 35.4 Å². The number of aryl methyl sites for hydroxylation is 1. The van der Waals surface area contributed by atoms with E-state index >= 15 is 0 Å². The molecule has 5 heteroatoms. The van der Waals surface area contributed by atoms with Crippen LogP contribution in [0.4, 0.5) is 0 Å². The number of carboxylic acid groups (broad SMARTS) is 1. The van der Waals surface area contributed by atoms with Gasteiger partial charge >= 0.3 is 0 Å². The predicted molar refractivity (Wildman–Crippen MR) is 38.0 cm³/mol. The maximum atomic E-state index is 10.2. The van der Waals surface area contributed by atoms with Gasteiger partial charge in [0.25, 0.3) is 0 Å². The minimum absolute atomic E-state index is 0. The number of hydrogen-bond donors (Lipinski definition) is 0. The monoisotopic (exact) mass is 162 g/mol. The summed E-state index contributed by atoms with van der Waals surface area (Å²) in [4.78, 5) is 13.8. The van der Waals surface area contributed by atoms with Gasteiger partial charge < -0.3 is 14.5 Å². The van der Waals surface area contributed by atoms with Crippen molar-refractivity contribution in [1.29, 1.82) is 0 Å². The van der Waals surface area contributed by atoms with Crippen LogP contribution in [0.2, 0.25) is 0 Å². The van der Waals surface area contributed by atoms with E-state index in [0.717, 1.165) is 0 Å². The fourth-order valence-corrected chi connectivity index (χ4v) is 0.754. The van der Waals surface area contributed by atoms with Gasteiger partial charge in [-0.15, -0.1) is 0 Å². The van der Waals surface area contributed by atoms with Crippen LogP contribution >= 0.6 is 0 Å². The minimum Gasteiger partial charge on any atom is -0.542 e. The smallest absolute Gasteiger partial charge is 0.155 e. The van der Waals surface area contributed by atoms with Gasteiger partial charge in [-0.25, -0.2) is 4.98 Å². The van der Waals surface area contributed by atoms with Gasteiger partial charge in [0.15, 0.2) is 5.82 Å². The second kappa shape index (κ2) is 4.54. The molecule has 1 aromatic rings. The Kier molecular flexibility index (Phi) is 4.40. The molecule has 1 aromatic heterocycles. The summed E-state index contributed by atoms with van der Waals surface area (Å²) >= 11 is 0. The van der Waals surface area contributed by atoms with Crippen LogP contribution in [-0.2, 0) is 6.54 Å². The molecule has 0 atom stereocenters. The topological polar surface area (TPSA) is 58.0 Å². The summed E-state index contributed by atoms with van der Waals surface area (Å²) in [5.74, 6) is -1.24. The number of rotatable bonds is 2. The quantitative estimate of drug-likeness (QED) is 0.518. The number of imidazole rings is 1. The molecule has 1 heterocycles. The molecule has 0 saturated heterocycles. The van der Waals surface area contributed by atoms with E-state index < -0.39 is 5.97 Å². The van der Waals surface area contributed by atoms with Crippen molar-refractivity contribution in [3.05, 3.63) is 18.2 Å². The van der Waals surface area contributed by atoms with Gasteiger partial charge in [0.1, 0.15) is 5.97 Å². The molecule has 0 saturated carbocycles. The van der Waals surface area contributed by atoms with Crippen molar-refractivity contribution in [2.75, 3.05) is 0 Å². The van der Waals surface area contributed by atoms with Crippen molar-refractivity contribution in [3.63, 3.8) is 0 Å². The van der Waals surface area contributed by atoms with E-state index in [1.807, 2.05) is 6.92 Å². The van der Waals surface area contributed by atoms with Crippen LogP contribution in [0.15, 0.2) is 12.4 Å². The number of carbonyl (C=O) groups is 1. The van der Waals surface area contributed by atoms with Gasteiger partial charge in [-0.1, -0.05) is 0 Å².